The minimum atomic E-state index is -0.464. The molecular weight excluding hydrogens is 412 g/mol. The lowest BCUT2D eigenvalue weighted by molar-refractivity contribution is -0.384. The Morgan fingerprint density at radius 3 is 2.50 bits per heavy atom. The number of ether oxygens (including phenoxy) is 1. The monoisotopic (exact) mass is 442 g/mol. The molecule has 1 aromatic heterocycles. The van der Waals surface area contributed by atoms with Crippen molar-refractivity contribution in [3.05, 3.63) is 52.7 Å². The van der Waals surface area contributed by atoms with Crippen molar-refractivity contribution in [1.29, 1.82) is 0 Å². The molecule has 0 bridgehead atoms. The summed E-state index contributed by atoms with van der Waals surface area (Å²) >= 11 is 0. The molecule has 1 saturated heterocycles. The van der Waals surface area contributed by atoms with Gasteiger partial charge in [0.1, 0.15) is 17.3 Å². The van der Waals surface area contributed by atoms with Crippen LogP contribution in [0.1, 0.15) is 12.8 Å². The first-order valence-electron chi connectivity index (χ1n) is 10.6. The number of rotatable bonds is 8. The smallest absolute Gasteiger partial charge is 0.323 e. The number of amides is 2. The zero-order valence-corrected chi connectivity index (χ0v) is 18.7. The molecular formula is C22H30N6O4. The molecule has 0 saturated carbocycles. The van der Waals surface area contributed by atoms with E-state index in [1.165, 1.54) is 24.3 Å². The van der Waals surface area contributed by atoms with Gasteiger partial charge < -0.3 is 19.4 Å². The highest BCUT2D eigenvalue weighted by Crippen LogP contribution is 2.25. The van der Waals surface area contributed by atoms with E-state index in [1.807, 2.05) is 7.05 Å². The van der Waals surface area contributed by atoms with Gasteiger partial charge in [-0.3, -0.25) is 15.4 Å². The van der Waals surface area contributed by atoms with Crippen molar-refractivity contribution in [3.63, 3.8) is 0 Å². The Balaban J connectivity index is 1.52. The number of non-ortho nitro benzene ring substituents is 1. The van der Waals surface area contributed by atoms with E-state index in [4.69, 9.17) is 4.74 Å². The molecule has 10 heteroatoms. The van der Waals surface area contributed by atoms with E-state index in [0.717, 1.165) is 39.0 Å². The molecule has 32 heavy (non-hydrogen) atoms. The molecule has 2 aromatic rings. The first-order chi connectivity index (χ1) is 15.3. The van der Waals surface area contributed by atoms with Gasteiger partial charge in [-0.15, -0.1) is 0 Å². The van der Waals surface area contributed by atoms with E-state index in [2.05, 4.69) is 34.2 Å². The molecule has 0 atom stereocenters. The molecule has 2 amide bonds. The number of anilines is 1. The van der Waals surface area contributed by atoms with E-state index in [0.29, 0.717) is 17.3 Å². The van der Waals surface area contributed by atoms with E-state index < -0.39 is 4.92 Å². The summed E-state index contributed by atoms with van der Waals surface area (Å²) < 4.78 is 5.73. The Morgan fingerprint density at radius 2 is 1.88 bits per heavy atom. The van der Waals surface area contributed by atoms with E-state index >= 15 is 0 Å². The van der Waals surface area contributed by atoms with E-state index in [1.54, 1.807) is 23.2 Å². The highest BCUT2D eigenvalue weighted by molar-refractivity contribution is 5.88. The number of benzene rings is 1. The molecule has 10 nitrogen and oxygen atoms in total. The van der Waals surface area contributed by atoms with Gasteiger partial charge in [0, 0.05) is 63.7 Å². The number of urea groups is 1. The SMILES string of the molecule is CN(C)CCN1CCC(N(C)C(=O)Nc2cc(Oc3ccc([N+](=O)[O-])cc3)ccn2)CC1. The van der Waals surface area contributed by atoms with Gasteiger partial charge in [0.05, 0.1) is 4.92 Å². The van der Waals surface area contributed by atoms with Gasteiger partial charge in [0.25, 0.3) is 5.69 Å². The third-order valence-electron chi connectivity index (χ3n) is 5.54. The Labute approximate surface area is 187 Å². The van der Waals surface area contributed by atoms with Crippen molar-refractivity contribution in [2.45, 2.75) is 18.9 Å². The van der Waals surface area contributed by atoms with E-state index in [-0.39, 0.29) is 17.8 Å². The van der Waals surface area contributed by atoms with Crippen molar-refractivity contribution in [2.75, 3.05) is 52.6 Å². The Bertz CT molecular complexity index is 913. The molecule has 0 aliphatic carbocycles. The number of hydrogen-bond acceptors (Lipinski definition) is 7. The lowest BCUT2D eigenvalue weighted by atomic mass is 10.0. The quantitative estimate of drug-likeness (QED) is 0.494. The standard InChI is InChI=1S/C22H30N6O4/c1-25(2)14-15-27-12-9-17(10-13-27)26(3)22(29)24-21-16-20(8-11-23-21)32-19-6-4-18(5-7-19)28(30)31/h4-8,11,16-17H,9-10,12-15H2,1-3H3,(H,23,24,29). The molecule has 0 radical (unpaired) electrons. The lowest BCUT2D eigenvalue weighted by Crippen LogP contribution is -2.48. The molecule has 172 valence electrons. The van der Waals surface area contributed by atoms with Crippen LogP contribution >= 0.6 is 0 Å². The predicted octanol–water partition coefficient (Wildman–Crippen LogP) is 3.27. The fraction of sp³-hybridized carbons (Fsp3) is 0.455. The van der Waals surface area contributed by atoms with Crippen LogP contribution in [0.2, 0.25) is 0 Å². The summed E-state index contributed by atoms with van der Waals surface area (Å²) in [5, 5.41) is 13.6. The van der Waals surface area contributed by atoms with Gasteiger partial charge in [-0.1, -0.05) is 0 Å². The molecule has 1 fully saturated rings. The van der Waals surface area contributed by atoms with Crippen molar-refractivity contribution in [2.24, 2.45) is 0 Å². The molecule has 2 heterocycles. The number of nitrogens with one attached hydrogen (secondary N) is 1. The fourth-order valence-electron chi connectivity index (χ4n) is 3.55. The number of likely N-dealkylation sites (N-methyl/N-ethyl adjacent to an activating group) is 1. The molecule has 1 aromatic carbocycles. The normalized spacial score (nSPS) is 14.9. The van der Waals surface area contributed by atoms with Gasteiger partial charge in [-0.2, -0.15) is 0 Å². The average molecular weight is 443 g/mol. The number of nitro groups is 1. The summed E-state index contributed by atoms with van der Waals surface area (Å²) in [6.45, 7) is 4.03. The summed E-state index contributed by atoms with van der Waals surface area (Å²) in [5.74, 6) is 1.31. The highest BCUT2D eigenvalue weighted by Gasteiger charge is 2.25. The van der Waals surface area contributed by atoms with Gasteiger partial charge in [0.15, 0.2) is 0 Å². The molecule has 3 rings (SSSR count). The Morgan fingerprint density at radius 1 is 1.19 bits per heavy atom. The van der Waals surface area contributed by atoms with Crippen LogP contribution in [0.5, 0.6) is 11.5 Å². The third kappa shape index (κ3) is 6.63. The minimum absolute atomic E-state index is 0.00778. The van der Waals surface area contributed by atoms with Crippen molar-refractivity contribution >= 4 is 17.5 Å². The number of likely N-dealkylation sites (tertiary alicyclic amines) is 1. The maximum atomic E-state index is 12.7. The zero-order valence-electron chi connectivity index (χ0n) is 18.7. The fourth-order valence-corrected chi connectivity index (χ4v) is 3.55. The maximum absolute atomic E-state index is 12.7. The van der Waals surface area contributed by atoms with Crippen LogP contribution in [0.15, 0.2) is 42.6 Å². The van der Waals surface area contributed by atoms with Crippen LogP contribution in [0, 0.1) is 10.1 Å². The lowest BCUT2D eigenvalue weighted by Gasteiger charge is -2.37. The van der Waals surface area contributed by atoms with Crippen molar-refractivity contribution in [3.8, 4) is 11.5 Å². The number of carbonyl (C=O) groups excluding carboxylic acids is 1. The van der Waals surface area contributed by atoms with Crippen LogP contribution < -0.4 is 10.1 Å². The predicted molar refractivity (Wildman–Crippen MR) is 122 cm³/mol. The molecule has 1 aliphatic rings. The van der Waals surface area contributed by atoms with Crippen LogP contribution in [0.4, 0.5) is 16.3 Å². The number of nitro benzene ring substituents is 1. The Hall–Kier alpha value is -3.24. The molecule has 0 unspecified atom stereocenters. The number of carbonyl (C=O) groups is 1. The van der Waals surface area contributed by atoms with Gasteiger partial charge >= 0.3 is 6.03 Å². The van der Waals surface area contributed by atoms with Gasteiger partial charge in [-0.05, 0) is 45.1 Å². The molecule has 1 aliphatic heterocycles. The van der Waals surface area contributed by atoms with Gasteiger partial charge in [-0.25, -0.2) is 9.78 Å². The summed E-state index contributed by atoms with van der Waals surface area (Å²) in [4.78, 5) is 33.6. The minimum Gasteiger partial charge on any atom is -0.457 e. The molecule has 1 N–H and O–H groups in total. The maximum Gasteiger partial charge on any atom is 0.323 e. The highest BCUT2D eigenvalue weighted by atomic mass is 16.6. The number of pyridine rings is 1. The molecule has 0 spiro atoms. The second kappa shape index (κ2) is 10.9. The topological polar surface area (TPSA) is 104 Å². The third-order valence-corrected chi connectivity index (χ3v) is 5.54. The largest absolute Gasteiger partial charge is 0.457 e. The first-order valence-corrected chi connectivity index (χ1v) is 10.6. The van der Waals surface area contributed by atoms with Crippen molar-refractivity contribution in [1.82, 2.24) is 19.7 Å². The van der Waals surface area contributed by atoms with Gasteiger partial charge in [0.2, 0.25) is 0 Å². The number of aromatic nitrogens is 1. The first kappa shape index (κ1) is 23.4. The van der Waals surface area contributed by atoms with Crippen LogP contribution in [-0.2, 0) is 0 Å². The number of hydrogen-bond donors (Lipinski definition) is 1. The second-order valence-electron chi connectivity index (χ2n) is 8.15. The van der Waals surface area contributed by atoms with Crippen LogP contribution in [0.25, 0.3) is 0 Å². The van der Waals surface area contributed by atoms with E-state index in [9.17, 15) is 14.9 Å². The van der Waals surface area contributed by atoms with Crippen molar-refractivity contribution < 1.29 is 14.5 Å². The summed E-state index contributed by atoms with van der Waals surface area (Å²) in [6, 6.07) is 9.05. The van der Waals surface area contributed by atoms with Crippen LogP contribution in [0.3, 0.4) is 0 Å². The Kier molecular flexibility index (Phi) is 7.96. The zero-order chi connectivity index (χ0) is 23.1. The average Bonchev–Trinajstić information content (AvgIpc) is 2.78. The number of piperidine rings is 1. The summed E-state index contributed by atoms with van der Waals surface area (Å²) in [7, 11) is 5.96. The summed E-state index contributed by atoms with van der Waals surface area (Å²) in [5.41, 5.74) is -0.00778. The number of nitrogens with zero attached hydrogens (tertiary/aromatic N) is 5. The summed E-state index contributed by atoms with van der Waals surface area (Å²) in [6.07, 6.45) is 3.42. The second-order valence-corrected chi connectivity index (χ2v) is 8.15. The van der Waals surface area contributed by atoms with Crippen LogP contribution in [-0.4, -0.2) is 84.0 Å².